The van der Waals surface area contributed by atoms with E-state index in [0.29, 0.717) is 5.92 Å². The van der Waals surface area contributed by atoms with Crippen LogP contribution in [0.2, 0.25) is 0 Å². The lowest BCUT2D eigenvalue weighted by Gasteiger charge is -2.13. The number of rotatable bonds is 4. The summed E-state index contributed by atoms with van der Waals surface area (Å²) in [5.74, 6) is 1.32. The van der Waals surface area contributed by atoms with Gasteiger partial charge in [0.05, 0.1) is 6.20 Å². The van der Waals surface area contributed by atoms with Crippen LogP contribution < -0.4 is 0 Å². The summed E-state index contributed by atoms with van der Waals surface area (Å²) < 4.78 is 3.75. The van der Waals surface area contributed by atoms with Crippen LogP contribution >= 0.6 is 0 Å². The Bertz CT molecular complexity index is 1070. The number of aromatic nitrogens is 6. The third-order valence-corrected chi connectivity index (χ3v) is 5.16. The van der Waals surface area contributed by atoms with E-state index in [1.165, 1.54) is 5.56 Å². The molecule has 7 nitrogen and oxygen atoms in total. The minimum Gasteiger partial charge on any atom is -0.298 e. The van der Waals surface area contributed by atoms with Crippen molar-refractivity contribution < 1.29 is 0 Å². The molecule has 0 amide bonds. The van der Waals surface area contributed by atoms with Gasteiger partial charge in [-0.3, -0.25) is 14.6 Å². The maximum atomic E-state index is 4.77. The van der Waals surface area contributed by atoms with Gasteiger partial charge in [-0.1, -0.05) is 0 Å². The second-order valence-electron chi connectivity index (χ2n) is 7.17. The Morgan fingerprint density at radius 3 is 2.78 bits per heavy atom. The topological polar surface area (TPSA) is 64.1 Å². The van der Waals surface area contributed by atoms with E-state index in [0.717, 1.165) is 48.7 Å². The van der Waals surface area contributed by atoms with Crippen LogP contribution in [0.5, 0.6) is 0 Å². The highest BCUT2D eigenvalue weighted by Crippen LogP contribution is 2.27. The highest BCUT2D eigenvalue weighted by molar-refractivity contribution is 5.63. The minimum absolute atomic E-state index is 0.381. The molecule has 0 aromatic carbocycles. The van der Waals surface area contributed by atoms with E-state index in [4.69, 9.17) is 10.1 Å². The third kappa shape index (κ3) is 3.21. The normalized spacial score (nSPS) is 17.7. The molecule has 5 heterocycles. The fourth-order valence-electron chi connectivity index (χ4n) is 3.79. The van der Waals surface area contributed by atoms with Gasteiger partial charge in [0.1, 0.15) is 0 Å². The van der Waals surface area contributed by atoms with Crippen molar-refractivity contribution in [3.8, 4) is 11.1 Å². The van der Waals surface area contributed by atoms with E-state index < -0.39 is 0 Å². The predicted octanol–water partition coefficient (Wildman–Crippen LogP) is 2.51. The lowest BCUT2D eigenvalue weighted by Crippen LogP contribution is -2.19. The summed E-state index contributed by atoms with van der Waals surface area (Å²) in [6.45, 7) is 2.99. The first kappa shape index (κ1) is 16.1. The van der Waals surface area contributed by atoms with Gasteiger partial charge >= 0.3 is 0 Å². The summed E-state index contributed by atoms with van der Waals surface area (Å²) in [4.78, 5) is 11.3. The molecule has 1 fully saturated rings. The standard InChI is InChI=1S/C20H21N7/c1-25-11-15(10-22-25)12-26-9-6-18(13-26)20-23-19-3-2-17(14-27(19)24-20)16-4-7-21-8-5-16/h2-5,7-8,10-11,14,18H,6,9,12-13H2,1H3/t18-/m0/s1. The Labute approximate surface area is 157 Å². The van der Waals surface area contributed by atoms with Crippen LogP contribution in [0, 0.1) is 0 Å². The second kappa shape index (κ2) is 6.59. The molecular formula is C20H21N7. The Morgan fingerprint density at radius 1 is 1.07 bits per heavy atom. The first-order valence-corrected chi connectivity index (χ1v) is 9.21. The van der Waals surface area contributed by atoms with Crippen LogP contribution in [-0.2, 0) is 13.6 Å². The van der Waals surface area contributed by atoms with Gasteiger partial charge in [0.2, 0.25) is 0 Å². The van der Waals surface area contributed by atoms with Gasteiger partial charge < -0.3 is 0 Å². The molecule has 0 bridgehead atoms. The molecule has 1 saturated heterocycles. The van der Waals surface area contributed by atoms with E-state index in [1.54, 1.807) is 0 Å². The summed E-state index contributed by atoms with van der Waals surface area (Å²) >= 11 is 0. The molecule has 4 aromatic heterocycles. The summed E-state index contributed by atoms with van der Waals surface area (Å²) in [5.41, 5.74) is 4.40. The van der Waals surface area contributed by atoms with Crippen molar-refractivity contribution in [2.45, 2.75) is 18.9 Å². The molecule has 136 valence electrons. The van der Waals surface area contributed by atoms with E-state index in [1.807, 2.05) is 59.2 Å². The molecule has 0 spiro atoms. The smallest absolute Gasteiger partial charge is 0.156 e. The zero-order chi connectivity index (χ0) is 18.2. The van der Waals surface area contributed by atoms with Gasteiger partial charge in [0, 0.05) is 62.0 Å². The molecule has 1 atom stereocenters. The quantitative estimate of drug-likeness (QED) is 0.560. The Balaban J connectivity index is 1.34. The SMILES string of the molecule is Cn1cc(CN2CC[C@H](c3nc4ccc(-c5ccncc5)cn4n3)C2)cn1. The van der Waals surface area contributed by atoms with Crippen LogP contribution in [0.25, 0.3) is 16.8 Å². The van der Waals surface area contributed by atoms with Crippen molar-refractivity contribution in [2.75, 3.05) is 13.1 Å². The van der Waals surface area contributed by atoms with Crippen LogP contribution in [0.15, 0.2) is 55.2 Å². The molecule has 5 rings (SSSR count). The van der Waals surface area contributed by atoms with Crippen molar-refractivity contribution in [2.24, 2.45) is 7.05 Å². The monoisotopic (exact) mass is 359 g/mol. The fraction of sp³-hybridized carbons (Fsp3) is 0.300. The van der Waals surface area contributed by atoms with Gasteiger partial charge in [-0.05, 0) is 42.8 Å². The summed E-state index contributed by atoms with van der Waals surface area (Å²) in [6, 6.07) is 8.14. The van der Waals surface area contributed by atoms with Crippen LogP contribution in [0.3, 0.4) is 0 Å². The second-order valence-corrected chi connectivity index (χ2v) is 7.17. The molecule has 1 aliphatic heterocycles. The van der Waals surface area contributed by atoms with Crippen molar-refractivity contribution in [1.29, 1.82) is 0 Å². The Morgan fingerprint density at radius 2 is 1.96 bits per heavy atom. The molecule has 0 aliphatic carbocycles. The maximum Gasteiger partial charge on any atom is 0.156 e. The van der Waals surface area contributed by atoms with Gasteiger partial charge in [0.15, 0.2) is 11.5 Å². The molecule has 27 heavy (non-hydrogen) atoms. The number of aryl methyl sites for hydroxylation is 1. The van der Waals surface area contributed by atoms with E-state index >= 15 is 0 Å². The first-order valence-electron chi connectivity index (χ1n) is 9.21. The molecule has 7 heteroatoms. The fourth-order valence-corrected chi connectivity index (χ4v) is 3.79. The number of likely N-dealkylation sites (tertiary alicyclic amines) is 1. The van der Waals surface area contributed by atoms with Crippen LogP contribution in [0.4, 0.5) is 0 Å². The zero-order valence-corrected chi connectivity index (χ0v) is 15.2. The highest BCUT2D eigenvalue weighted by Gasteiger charge is 2.27. The van der Waals surface area contributed by atoms with Crippen LogP contribution in [0.1, 0.15) is 23.7 Å². The maximum absolute atomic E-state index is 4.77. The molecule has 0 saturated carbocycles. The summed E-state index contributed by atoms with van der Waals surface area (Å²) in [7, 11) is 1.96. The first-order chi connectivity index (χ1) is 13.2. The lowest BCUT2D eigenvalue weighted by atomic mass is 10.1. The summed E-state index contributed by atoms with van der Waals surface area (Å²) in [5, 5.41) is 9.03. The van der Waals surface area contributed by atoms with Crippen LogP contribution in [-0.4, -0.2) is 47.4 Å². The number of nitrogens with zero attached hydrogens (tertiary/aromatic N) is 7. The molecule has 1 aliphatic rings. The van der Waals surface area contributed by atoms with Crippen molar-refractivity contribution in [3.05, 3.63) is 66.6 Å². The average molecular weight is 359 g/mol. The number of hydrogen-bond acceptors (Lipinski definition) is 5. The molecule has 0 radical (unpaired) electrons. The lowest BCUT2D eigenvalue weighted by molar-refractivity contribution is 0.325. The minimum atomic E-state index is 0.381. The molecule has 4 aromatic rings. The van der Waals surface area contributed by atoms with E-state index in [2.05, 4.69) is 27.2 Å². The van der Waals surface area contributed by atoms with Gasteiger partial charge in [-0.2, -0.15) is 10.2 Å². The number of pyridine rings is 2. The molecule has 0 unspecified atom stereocenters. The largest absolute Gasteiger partial charge is 0.298 e. The van der Waals surface area contributed by atoms with Crippen molar-refractivity contribution in [1.82, 2.24) is 34.3 Å². The van der Waals surface area contributed by atoms with Crippen molar-refractivity contribution in [3.63, 3.8) is 0 Å². The highest BCUT2D eigenvalue weighted by atomic mass is 15.3. The molecular weight excluding hydrogens is 338 g/mol. The predicted molar refractivity (Wildman–Crippen MR) is 102 cm³/mol. The van der Waals surface area contributed by atoms with Gasteiger partial charge in [0.25, 0.3) is 0 Å². The average Bonchev–Trinajstić information content (AvgIpc) is 3.41. The zero-order valence-electron chi connectivity index (χ0n) is 15.2. The third-order valence-electron chi connectivity index (χ3n) is 5.16. The van der Waals surface area contributed by atoms with Crippen molar-refractivity contribution >= 4 is 5.65 Å². The van der Waals surface area contributed by atoms with E-state index in [-0.39, 0.29) is 0 Å². The number of hydrogen-bond donors (Lipinski definition) is 0. The van der Waals surface area contributed by atoms with E-state index in [9.17, 15) is 0 Å². The van der Waals surface area contributed by atoms with Gasteiger partial charge in [-0.25, -0.2) is 9.50 Å². The molecule has 0 N–H and O–H groups in total. The van der Waals surface area contributed by atoms with Gasteiger partial charge in [-0.15, -0.1) is 0 Å². The Hall–Kier alpha value is -3.06. The Kier molecular flexibility index (Phi) is 3.94. The number of fused-ring (bicyclic) bond motifs is 1. The summed E-state index contributed by atoms with van der Waals surface area (Å²) in [6.07, 6.45) is 10.8.